The van der Waals surface area contributed by atoms with Gasteiger partial charge in [0.2, 0.25) is 5.60 Å². The van der Waals surface area contributed by atoms with Crippen LogP contribution in [0.3, 0.4) is 0 Å². The molecule has 25 heavy (non-hydrogen) atoms. The van der Waals surface area contributed by atoms with Crippen molar-refractivity contribution in [2.24, 2.45) is 16.7 Å². The Morgan fingerprint density at radius 1 is 1.12 bits per heavy atom. The molecule has 2 aliphatic heterocycles. The summed E-state index contributed by atoms with van der Waals surface area (Å²) in [7, 11) is 0. The molecule has 2 N–H and O–H groups in total. The highest BCUT2D eigenvalue weighted by Gasteiger charge is 2.81. The molecule has 1 saturated carbocycles. The Balaban J connectivity index is 0.000000528. The molecule has 4 rings (SSSR count). The summed E-state index contributed by atoms with van der Waals surface area (Å²) < 4.78 is 10.8. The molecule has 4 aliphatic rings. The van der Waals surface area contributed by atoms with E-state index >= 15 is 0 Å². The SMILES string of the molecule is CC.CC.C[C@H]1C(=O)C=C2C13CC(OC3(C)O)[C@@]1(O)C(=O)OC[C@@]21C. The monoisotopic (exact) mass is 354 g/mol. The maximum Gasteiger partial charge on any atom is 0.342 e. The largest absolute Gasteiger partial charge is 0.462 e. The van der Waals surface area contributed by atoms with Crippen LogP contribution in [0.5, 0.6) is 0 Å². The van der Waals surface area contributed by atoms with Crippen LogP contribution in [0, 0.1) is 16.7 Å². The van der Waals surface area contributed by atoms with Crippen LogP contribution in [-0.2, 0) is 19.1 Å². The van der Waals surface area contributed by atoms with Crippen LogP contribution < -0.4 is 0 Å². The fraction of sp³-hybridized carbons (Fsp3) is 0.789. The van der Waals surface area contributed by atoms with Gasteiger partial charge in [-0.15, -0.1) is 0 Å². The molecule has 2 heterocycles. The maximum atomic E-state index is 12.3. The number of fused-ring (bicyclic) bond motifs is 4. The van der Waals surface area contributed by atoms with E-state index in [4.69, 9.17) is 9.47 Å². The van der Waals surface area contributed by atoms with Crippen molar-refractivity contribution in [3.8, 4) is 0 Å². The molecule has 0 radical (unpaired) electrons. The first-order valence-corrected chi connectivity index (χ1v) is 9.17. The van der Waals surface area contributed by atoms with Crippen molar-refractivity contribution in [2.45, 2.75) is 72.4 Å². The third-order valence-corrected chi connectivity index (χ3v) is 6.34. The van der Waals surface area contributed by atoms with Crippen molar-refractivity contribution in [2.75, 3.05) is 6.61 Å². The molecule has 2 bridgehead atoms. The third-order valence-electron chi connectivity index (χ3n) is 6.34. The summed E-state index contributed by atoms with van der Waals surface area (Å²) in [5, 5.41) is 21.8. The molecular weight excluding hydrogens is 324 g/mol. The number of carbonyl (C=O) groups excluding carboxylic acids is 2. The lowest BCUT2D eigenvalue weighted by molar-refractivity contribution is -0.237. The Morgan fingerprint density at radius 2 is 1.68 bits per heavy atom. The second-order valence-corrected chi connectivity index (χ2v) is 7.12. The van der Waals surface area contributed by atoms with Gasteiger partial charge in [-0.3, -0.25) is 4.79 Å². The van der Waals surface area contributed by atoms with Crippen LogP contribution in [0.25, 0.3) is 0 Å². The van der Waals surface area contributed by atoms with Crippen LogP contribution in [0.2, 0.25) is 0 Å². The van der Waals surface area contributed by atoms with Gasteiger partial charge >= 0.3 is 5.97 Å². The third kappa shape index (κ3) is 1.96. The number of esters is 1. The molecule has 6 heteroatoms. The number of ketones is 1. The number of rotatable bonds is 0. The van der Waals surface area contributed by atoms with Gasteiger partial charge in [0, 0.05) is 5.92 Å². The van der Waals surface area contributed by atoms with Crippen LogP contribution >= 0.6 is 0 Å². The molecular formula is C19H30O6. The van der Waals surface area contributed by atoms with Crippen LogP contribution in [0.1, 0.15) is 54.9 Å². The lowest BCUT2D eigenvalue weighted by Crippen LogP contribution is -2.62. The normalized spacial score (nSPS) is 49.1. The van der Waals surface area contributed by atoms with E-state index in [1.165, 1.54) is 13.0 Å². The summed E-state index contributed by atoms with van der Waals surface area (Å²) in [6.07, 6.45) is 0.828. The van der Waals surface area contributed by atoms with Crippen molar-refractivity contribution in [3.63, 3.8) is 0 Å². The number of aliphatic hydroxyl groups is 2. The Hall–Kier alpha value is -1.24. The molecule has 0 aromatic rings. The Labute approximate surface area is 149 Å². The van der Waals surface area contributed by atoms with E-state index in [9.17, 15) is 19.8 Å². The fourth-order valence-electron chi connectivity index (χ4n) is 5.03. The van der Waals surface area contributed by atoms with Gasteiger partial charge < -0.3 is 19.7 Å². The predicted molar refractivity (Wildman–Crippen MR) is 91.5 cm³/mol. The highest BCUT2D eigenvalue weighted by Crippen LogP contribution is 2.71. The van der Waals surface area contributed by atoms with E-state index in [0.717, 1.165) is 0 Å². The molecule has 0 aromatic carbocycles. The number of ether oxygens (including phenoxy) is 2. The highest BCUT2D eigenvalue weighted by molar-refractivity contribution is 5.98. The Kier molecular flexibility index (Phi) is 4.73. The zero-order valence-electron chi connectivity index (χ0n) is 16.2. The fourth-order valence-corrected chi connectivity index (χ4v) is 5.03. The van der Waals surface area contributed by atoms with Gasteiger partial charge in [-0.1, -0.05) is 34.6 Å². The second kappa shape index (κ2) is 5.89. The van der Waals surface area contributed by atoms with Gasteiger partial charge in [0.1, 0.15) is 12.7 Å². The van der Waals surface area contributed by atoms with E-state index in [0.29, 0.717) is 5.57 Å². The van der Waals surface area contributed by atoms with Gasteiger partial charge in [-0.25, -0.2) is 4.79 Å². The highest BCUT2D eigenvalue weighted by atomic mass is 16.7. The number of allylic oxidation sites excluding steroid dienone is 1. The zero-order valence-corrected chi connectivity index (χ0v) is 16.2. The van der Waals surface area contributed by atoms with Gasteiger partial charge in [-0.05, 0) is 31.9 Å². The first-order chi connectivity index (χ1) is 11.6. The molecule has 0 amide bonds. The second-order valence-electron chi connectivity index (χ2n) is 7.12. The molecule has 3 fully saturated rings. The standard InChI is InChI=1S/C15H18O6.2C2H6/c1-7-8(16)4-9-12(2)6-20-11(17)15(12,19)10-5-14(7,9)13(3,18)21-10;2*1-2/h4,7,10,18-19H,5-6H2,1-3H3;2*1-2H3/t7-,10?,12-,13?,14?,15+;;/m0../s1. The molecule has 142 valence electrons. The first kappa shape index (κ1) is 20.1. The van der Waals surface area contributed by atoms with Crippen molar-refractivity contribution in [1.29, 1.82) is 0 Å². The van der Waals surface area contributed by atoms with E-state index in [2.05, 4.69) is 0 Å². The molecule has 0 aromatic heterocycles. The summed E-state index contributed by atoms with van der Waals surface area (Å²) in [4.78, 5) is 24.4. The number of hydrogen-bond acceptors (Lipinski definition) is 6. The molecule has 2 aliphatic carbocycles. The number of cyclic esters (lactones) is 1. The molecule has 3 unspecified atom stereocenters. The van der Waals surface area contributed by atoms with E-state index in [1.807, 2.05) is 27.7 Å². The van der Waals surface area contributed by atoms with Crippen LogP contribution in [0.15, 0.2) is 11.6 Å². The Bertz CT molecular complexity index is 623. The van der Waals surface area contributed by atoms with E-state index in [-0.39, 0.29) is 18.8 Å². The van der Waals surface area contributed by atoms with Crippen LogP contribution in [-0.4, -0.2) is 46.1 Å². The summed E-state index contributed by atoms with van der Waals surface area (Å²) in [5.74, 6) is -2.91. The molecule has 2 saturated heterocycles. The number of carbonyl (C=O) groups is 2. The smallest absolute Gasteiger partial charge is 0.342 e. The minimum atomic E-state index is -1.85. The van der Waals surface area contributed by atoms with Crippen LogP contribution in [0.4, 0.5) is 0 Å². The van der Waals surface area contributed by atoms with Gasteiger partial charge in [0.05, 0.1) is 10.8 Å². The predicted octanol–water partition coefficient (Wildman–Crippen LogP) is 1.98. The molecule has 6 atom stereocenters. The lowest BCUT2D eigenvalue weighted by atomic mass is 9.51. The minimum Gasteiger partial charge on any atom is -0.462 e. The zero-order chi connectivity index (χ0) is 19.4. The summed E-state index contributed by atoms with van der Waals surface area (Å²) in [6, 6.07) is 0. The average Bonchev–Trinajstić information content (AvgIpc) is 3.12. The lowest BCUT2D eigenvalue weighted by Gasteiger charge is -2.49. The van der Waals surface area contributed by atoms with Gasteiger partial charge in [0.25, 0.3) is 0 Å². The summed E-state index contributed by atoms with van der Waals surface area (Å²) >= 11 is 0. The molecule has 6 nitrogen and oxygen atoms in total. The van der Waals surface area contributed by atoms with Crippen molar-refractivity contribution >= 4 is 11.8 Å². The first-order valence-electron chi connectivity index (χ1n) is 9.17. The summed E-state index contributed by atoms with van der Waals surface area (Å²) in [6.45, 7) is 13.0. The maximum absolute atomic E-state index is 12.3. The topological polar surface area (TPSA) is 93.1 Å². The number of hydrogen-bond donors (Lipinski definition) is 2. The van der Waals surface area contributed by atoms with Gasteiger partial charge in [0.15, 0.2) is 11.6 Å². The summed E-state index contributed by atoms with van der Waals surface area (Å²) in [5.41, 5.74) is -3.22. The van der Waals surface area contributed by atoms with Crippen molar-refractivity contribution in [3.05, 3.63) is 11.6 Å². The van der Waals surface area contributed by atoms with Crippen molar-refractivity contribution < 1.29 is 29.3 Å². The quantitative estimate of drug-likeness (QED) is 0.646. The van der Waals surface area contributed by atoms with E-state index < -0.39 is 40.2 Å². The average molecular weight is 354 g/mol. The van der Waals surface area contributed by atoms with Gasteiger partial charge in [-0.2, -0.15) is 0 Å². The van der Waals surface area contributed by atoms with E-state index in [1.54, 1.807) is 13.8 Å². The minimum absolute atomic E-state index is 0.00808. The Morgan fingerprint density at radius 3 is 2.24 bits per heavy atom. The van der Waals surface area contributed by atoms with Crippen molar-refractivity contribution in [1.82, 2.24) is 0 Å². The molecule has 1 spiro atoms.